The summed E-state index contributed by atoms with van der Waals surface area (Å²) in [7, 11) is -3.39. The minimum absolute atomic E-state index is 0.357. The van der Waals surface area contributed by atoms with E-state index in [9.17, 15) is 8.42 Å². The van der Waals surface area contributed by atoms with Crippen LogP contribution in [0.1, 0.15) is 11.4 Å². The van der Waals surface area contributed by atoms with Crippen molar-refractivity contribution in [3.05, 3.63) is 11.4 Å². The number of aromatic nitrogens is 2. The largest absolute Gasteiger partial charge is 0.316 e. The van der Waals surface area contributed by atoms with Gasteiger partial charge < -0.3 is 5.32 Å². The molecule has 7 heteroatoms. The van der Waals surface area contributed by atoms with Gasteiger partial charge in [0.2, 0.25) is 10.0 Å². The zero-order valence-corrected chi connectivity index (χ0v) is 11.4. The van der Waals surface area contributed by atoms with Crippen molar-refractivity contribution in [2.75, 3.05) is 26.2 Å². The number of aromatic amines is 1. The highest BCUT2D eigenvalue weighted by molar-refractivity contribution is 7.89. The number of nitrogens with zero attached hydrogens (tertiary/aromatic N) is 2. The SMILES string of the molecule is Cc1n[nH]c(C)c1S(=O)(=O)N1C[C@H]2CNC[C@H]2C1. The van der Waals surface area contributed by atoms with Crippen molar-refractivity contribution in [1.29, 1.82) is 0 Å². The number of nitrogens with one attached hydrogen (secondary N) is 2. The summed E-state index contributed by atoms with van der Waals surface area (Å²) in [5.41, 5.74) is 1.19. The maximum atomic E-state index is 12.6. The minimum Gasteiger partial charge on any atom is -0.316 e. The maximum Gasteiger partial charge on any atom is 0.246 e. The Kier molecular flexibility index (Phi) is 2.72. The Balaban J connectivity index is 1.92. The minimum atomic E-state index is -3.39. The van der Waals surface area contributed by atoms with Crippen molar-refractivity contribution in [3.8, 4) is 0 Å². The summed E-state index contributed by atoms with van der Waals surface area (Å²) in [5, 5.41) is 10.0. The zero-order chi connectivity index (χ0) is 12.9. The van der Waals surface area contributed by atoms with Crippen LogP contribution in [0.25, 0.3) is 0 Å². The van der Waals surface area contributed by atoms with Gasteiger partial charge in [0.15, 0.2) is 0 Å². The highest BCUT2D eigenvalue weighted by Crippen LogP contribution is 2.32. The molecule has 0 aromatic carbocycles. The number of rotatable bonds is 2. The lowest BCUT2D eigenvalue weighted by molar-refractivity contribution is 0.447. The van der Waals surface area contributed by atoms with E-state index in [0.29, 0.717) is 41.2 Å². The van der Waals surface area contributed by atoms with Crippen LogP contribution in [0.3, 0.4) is 0 Å². The van der Waals surface area contributed by atoms with Gasteiger partial charge in [0.1, 0.15) is 4.90 Å². The van der Waals surface area contributed by atoms with E-state index in [4.69, 9.17) is 0 Å². The molecule has 2 N–H and O–H groups in total. The van der Waals surface area contributed by atoms with Gasteiger partial charge in [0, 0.05) is 13.1 Å². The molecule has 3 heterocycles. The summed E-state index contributed by atoms with van der Waals surface area (Å²) >= 11 is 0. The van der Waals surface area contributed by atoms with E-state index in [2.05, 4.69) is 15.5 Å². The molecule has 18 heavy (non-hydrogen) atoms. The molecule has 0 bridgehead atoms. The first-order valence-corrected chi connectivity index (χ1v) is 7.66. The third-order valence-electron chi connectivity index (χ3n) is 4.01. The van der Waals surface area contributed by atoms with Gasteiger partial charge in [-0.25, -0.2) is 8.42 Å². The van der Waals surface area contributed by atoms with Gasteiger partial charge in [-0.3, -0.25) is 5.10 Å². The quantitative estimate of drug-likeness (QED) is 0.784. The topological polar surface area (TPSA) is 78.1 Å². The summed E-state index contributed by atoms with van der Waals surface area (Å²) in [4.78, 5) is 0.357. The lowest BCUT2D eigenvalue weighted by Gasteiger charge is -2.17. The molecule has 1 aromatic rings. The lowest BCUT2D eigenvalue weighted by Crippen LogP contribution is -2.32. The fourth-order valence-electron chi connectivity index (χ4n) is 3.06. The van der Waals surface area contributed by atoms with Crippen LogP contribution in [-0.4, -0.2) is 49.1 Å². The second-order valence-electron chi connectivity index (χ2n) is 5.26. The molecule has 0 unspecified atom stereocenters. The Hall–Kier alpha value is -0.920. The summed E-state index contributed by atoms with van der Waals surface area (Å²) in [5.74, 6) is 0.930. The lowest BCUT2D eigenvalue weighted by atomic mass is 10.0. The van der Waals surface area contributed by atoms with Gasteiger partial charge in [0.05, 0.1) is 11.4 Å². The van der Waals surface area contributed by atoms with Gasteiger partial charge in [-0.1, -0.05) is 0 Å². The molecule has 0 amide bonds. The summed E-state index contributed by atoms with van der Waals surface area (Å²) in [6.45, 7) is 6.61. The predicted octanol–water partition coefficient (Wildman–Crippen LogP) is -0.134. The molecule has 2 fully saturated rings. The summed E-state index contributed by atoms with van der Waals surface area (Å²) in [6.07, 6.45) is 0. The molecule has 2 aliphatic heterocycles. The number of hydrogen-bond donors (Lipinski definition) is 2. The van der Waals surface area contributed by atoms with Crippen LogP contribution in [0.2, 0.25) is 0 Å². The van der Waals surface area contributed by atoms with Crippen LogP contribution in [0, 0.1) is 25.7 Å². The van der Waals surface area contributed by atoms with Crippen molar-refractivity contribution in [1.82, 2.24) is 19.8 Å². The van der Waals surface area contributed by atoms with E-state index in [-0.39, 0.29) is 0 Å². The number of hydrogen-bond acceptors (Lipinski definition) is 4. The molecule has 6 nitrogen and oxygen atoms in total. The Morgan fingerprint density at radius 1 is 1.22 bits per heavy atom. The van der Waals surface area contributed by atoms with Crippen LogP contribution in [-0.2, 0) is 10.0 Å². The average molecular weight is 270 g/mol. The molecule has 0 spiro atoms. The first-order chi connectivity index (χ1) is 8.50. The Labute approximate surface area is 107 Å². The molecule has 100 valence electrons. The molecule has 2 aliphatic rings. The van der Waals surface area contributed by atoms with E-state index in [0.717, 1.165) is 13.1 Å². The Morgan fingerprint density at radius 2 is 1.83 bits per heavy atom. The van der Waals surface area contributed by atoms with Crippen LogP contribution in [0.15, 0.2) is 4.90 Å². The molecule has 0 radical (unpaired) electrons. The van der Waals surface area contributed by atoms with E-state index < -0.39 is 10.0 Å². The molecular formula is C11H18N4O2S. The van der Waals surface area contributed by atoms with Crippen molar-refractivity contribution in [2.24, 2.45) is 11.8 Å². The zero-order valence-electron chi connectivity index (χ0n) is 10.6. The van der Waals surface area contributed by atoms with Gasteiger partial charge in [-0.15, -0.1) is 0 Å². The molecule has 2 saturated heterocycles. The van der Waals surface area contributed by atoms with Crippen molar-refractivity contribution < 1.29 is 8.42 Å². The van der Waals surface area contributed by atoms with E-state index in [1.54, 1.807) is 18.2 Å². The third kappa shape index (κ3) is 1.69. The highest BCUT2D eigenvalue weighted by Gasteiger charge is 2.42. The monoisotopic (exact) mass is 270 g/mol. The second kappa shape index (κ2) is 4.04. The van der Waals surface area contributed by atoms with Crippen LogP contribution >= 0.6 is 0 Å². The van der Waals surface area contributed by atoms with Crippen LogP contribution in [0.4, 0.5) is 0 Å². The fourth-order valence-corrected chi connectivity index (χ4v) is 4.94. The fraction of sp³-hybridized carbons (Fsp3) is 0.727. The van der Waals surface area contributed by atoms with E-state index >= 15 is 0 Å². The smallest absolute Gasteiger partial charge is 0.246 e. The highest BCUT2D eigenvalue weighted by atomic mass is 32.2. The second-order valence-corrected chi connectivity index (χ2v) is 7.14. The van der Waals surface area contributed by atoms with Crippen LogP contribution < -0.4 is 5.32 Å². The standard InChI is InChI=1S/C11H18N4O2S/c1-7-11(8(2)14-13-7)18(16,17)15-5-9-3-12-4-10(9)6-15/h9-10,12H,3-6H2,1-2H3,(H,13,14)/t9-,10+. The van der Waals surface area contributed by atoms with Gasteiger partial charge in [0.25, 0.3) is 0 Å². The van der Waals surface area contributed by atoms with Crippen molar-refractivity contribution in [3.63, 3.8) is 0 Å². The van der Waals surface area contributed by atoms with Gasteiger partial charge in [-0.05, 0) is 38.8 Å². The van der Waals surface area contributed by atoms with Crippen molar-refractivity contribution >= 4 is 10.0 Å². The normalized spacial score (nSPS) is 28.8. The number of fused-ring (bicyclic) bond motifs is 1. The predicted molar refractivity (Wildman–Crippen MR) is 66.7 cm³/mol. The summed E-state index contributed by atoms with van der Waals surface area (Å²) < 4.78 is 26.8. The maximum absolute atomic E-state index is 12.6. The first kappa shape index (κ1) is 12.1. The number of H-pyrrole nitrogens is 1. The molecule has 2 atom stereocenters. The van der Waals surface area contributed by atoms with E-state index in [1.165, 1.54) is 0 Å². The molecule has 1 aromatic heterocycles. The van der Waals surface area contributed by atoms with Gasteiger partial charge in [-0.2, -0.15) is 9.40 Å². The molecule has 3 rings (SSSR count). The van der Waals surface area contributed by atoms with E-state index in [1.807, 2.05) is 0 Å². The van der Waals surface area contributed by atoms with Crippen LogP contribution in [0.5, 0.6) is 0 Å². The Morgan fingerprint density at radius 3 is 2.33 bits per heavy atom. The van der Waals surface area contributed by atoms with Crippen molar-refractivity contribution in [2.45, 2.75) is 18.7 Å². The molecular weight excluding hydrogens is 252 g/mol. The molecule has 0 saturated carbocycles. The average Bonchev–Trinajstić information content (AvgIpc) is 2.91. The molecule has 0 aliphatic carbocycles. The Bertz CT molecular complexity index is 534. The third-order valence-corrected chi connectivity index (χ3v) is 6.11. The summed E-state index contributed by atoms with van der Waals surface area (Å²) in [6, 6.07) is 0. The van der Waals surface area contributed by atoms with Gasteiger partial charge >= 0.3 is 0 Å². The number of aryl methyl sites for hydroxylation is 2. The first-order valence-electron chi connectivity index (χ1n) is 6.22. The number of sulfonamides is 1.